The van der Waals surface area contributed by atoms with Crippen molar-refractivity contribution in [2.75, 3.05) is 6.54 Å². The highest BCUT2D eigenvalue weighted by Gasteiger charge is 2.50. The second-order valence-electron chi connectivity index (χ2n) is 4.16. The van der Waals surface area contributed by atoms with Gasteiger partial charge in [0.25, 0.3) is 0 Å². The Balaban J connectivity index is 1.96. The lowest BCUT2D eigenvalue weighted by Gasteiger charge is -2.15. The zero-order chi connectivity index (χ0) is 10.3. The van der Waals surface area contributed by atoms with Gasteiger partial charge in [0.1, 0.15) is 12.4 Å². The number of benzene rings is 1. The molecule has 15 heavy (non-hydrogen) atoms. The lowest BCUT2D eigenvalue weighted by molar-refractivity contribution is -0.117. The zero-order valence-corrected chi connectivity index (χ0v) is 8.36. The molecule has 0 spiro atoms. The Bertz CT molecular complexity index is 432. The van der Waals surface area contributed by atoms with Crippen LogP contribution in [0.2, 0.25) is 0 Å². The number of rotatable bonds is 2. The van der Waals surface area contributed by atoms with E-state index in [0.717, 1.165) is 18.7 Å². The first kappa shape index (κ1) is 8.65. The molecule has 0 radical (unpaired) electrons. The fourth-order valence-corrected chi connectivity index (χ4v) is 2.18. The predicted molar refractivity (Wildman–Crippen MR) is 57.8 cm³/mol. The van der Waals surface area contributed by atoms with Crippen LogP contribution in [0.1, 0.15) is 18.4 Å². The van der Waals surface area contributed by atoms with E-state index in [1.807, 2.05) is 18.2 Å². The topological polar surface area (TPSA) is 41.5 Å². The molecule has 0 bridgehead atoms. The van der Waals surface area contributed by atoms with Crippen molar-refractivity contribution >= 4 is 11.7 Å². The number of nitrogens with zero attached hydrogens (tertiary/aromatic N) is 1. The van der Waals surface area contributed by atoms with Crippen molar-refractivity contribution < 1.29 is 4.79 Å². The van der Waals surface area contributed by atoms with E-state index >= 15 is 0 Å². The molecule has 0 atom stereocenters. The van der Waals surface area contributed by atoms with Crippen LogP contribution in [0.4, 0.5) is 0 Å². The minimum Gasteiger partial charge on any atom is -0.312 e. The molecule has 1 saturated carbocycles. The summed E-state index contributed by atoms with van der Waals surface area (Å²) in [6.45, 7) is 0.296. The number of nitrogens with one attached hydrogen (secondary N) is 1. The van der Waals surface area contributed by atoms with Gasteiger partial charge in [0.15, 0.2) is 0 Å². The highest BCUT2D eigenvalue weighted by Crippen LogP contribution is 2.49. The van der Waals surface area contributed by atoms with E-state index in [1.54, 1.807) is 0 Å². The van der Waals surface area contributed by atoms with Crippen LogP contribution >= 0.6 is 0 Å². The fraction of sp³-hybridized carbons (Fsp3) is 0.333. The molecular formula is C12H12N2O. The summed E-state index contributed by atoms with van der Waals surface area (Å²) in [5, 5.41) is 2.87. The van der Waals surface area contributed by atoms with Crippen molar-refractivity contribution in [3.8, 4) is 0 Å². The standard InChI is InChI=1S/C12H12N2O/c15-10-8-13-11(14-10)12(6-7-12)9-4-2-1-3-5-9/h1-5H,6-8H2,(H,13,14,15). The van der Waals surface area contributed by atoms with E-state index in [-0.39, 0.29) is 11.3 Å². The predicted octanol–water partition coefficient (Wildman–Crippen LogP) is 1.25. The van der Waals surface area contributed by atoms with E-state index in [0.29, 0.717) is 6.54 Å². The highest BCUT2D eigenvalue weighted by molar-refractivity contribution is 6.10. The van der Waals surface area contributed by atoms with Crippen LogP contribution in [0.3, 0.4) is 0 Å². The van der Waals surface area contributed by atoms with E-state index in [9.17, 15) is 4.79 Å². The summed E-state index contributed by atoms with van der Waals surface area (Å²) in [5.41, 5.74) is 1.29. The van der Waals surface area contributed by atoms with E-state index in [4.69, 9.17) is 0 Å². The summed E-state index contributed by atoms with van der Waals surface area (Å²) in [4.78, 5) is 15.4. The average Bonchev–Trinajstić information content (AvgIpc) is 2.98. The van der Waals surface area contributed by atoms with Crippen molar-refractivity contribution in [3.63, 3.8) is 0 Å². The first-order valence-corrected chi connectivity index (χ1v) is 5.22. The van der Waals surface area contributed by atoms with Gasteiger partial charge < -0.3 is 5.32 Å². The molecule has 1 heterocycles. The van der Waals surface area contributed by atoms with Gasteiger partial charge in [-0.25, -0.2) is 0 Å². The van der Waals surface area contributed by atoms with Crippen molar-refractivity contribution in [2.24, 2.45) is 4.99 Å². The van der Waals surface area contributed by atoms with Crippen molar-refractivity contribution in [1.29, 1.82) is 0 Å². The van der Waals surface area contributed by atoms with Crippen LogP contribution < -0.4 is 5.32 Å². The second-order valence-corrected chi connectivity index (χ2v) is 4.16. The van der Waals surface area contributed by atoms with Crippen LogP contribution in [0, 0.1) is 0 Å². The number of amides is 1. The number of carbonyl (C=O) groups excluding carboxylic acids is 1. The minimum absolute atomic E-state index is 0.0206. The monoisotopic (exact) mass is 200 g/mol. The van der Waals surface area contributed by atoms with Gasteiger partial charge in [-0.1, -0.05) is 30.3 Å². The normalized spacial score (nSPS) is 22.1. The van der Waals surface area contributed by atoms with Crippen LogP contribution in [0.25, 0.3) is 0 Å². The van der Waals surface area contributed by atoms with Gasteiger partial charge in [0.2, 0.25) is 5.91 Å². The Hall–Kier alpha value is -1.64. The molecule has 3 rings (SSSR count). The Kier molecular flexibility index (Phi) is 1.69. The Morgan fingerprint density at radius 2 is 1.93 bits per heavy atom. The molecule has 3 nitrogen and oxygen atoms in total. The molecule has 1 amide bonds. The number of aliphatic imine (C=N–C) groups is 1. The maximum atomic E-state index is 11.1. The molecule has 0 unspecified atom stereocenters. The molecule has 2 aliphatic rings. The van der Waals surface area contributed by atoms with Gasteiger partial charge in [-0.2, -0.15) is 0 Å². The lowest BCUT2D eigenvalue weighted by atomic mass is 9.95. The highest BCUT2D eigenvalue weighted by atomic mass is 16.2. The Morgan fingerprint density at radius 3 is 2.47 bits per heavy atom. The summed E-state index contributed by atoms with van der Waals surface area (Å²) < 4.78 is 0. The fourth-order valence-electron chi connectivity index (χ4n) is 2.18. The summed E-state index contributed by atoms with van der Waals surface area (Å²) in [7, 11) is 0. The molecule has 3 heteroatoms. The Morgan fingerprint density at radius 1 is 1.20 bits per heavy atom. The van der Waals surface area contributed by atoms with Gasteiger partial charge in [-0.3, -0.25) is 9.79 Å². The quantitative estimate of drug-likeness (QED) is 0.766. The van der Waals surface area contributed by atoms with Crippen molar-refractivity contribution in [3.05, 3.63) is 35.9 Å². The van der Waals surface area contributed by atoms with Crippen molar-refractivity contribution in [1.82, 2.24) is 5.32 Å². The van der Waals surface area contributed by atoms with Gasteiger partial charge in [0, 0.05) is 0 Å². The molecule has 0 saturated heterocycles. The summed E-state index contributed by atoms with van der Waals surface area (Å²) in [6.07, 6.45) is 2.19. The smallest absolute Gasteiger partial charge is 0.247 e. The summed E-state index contributed by atoms with van der Waals surface area (Å²) in [5.74, 6) is 0.894. The third-order valence-corrected chi connectivity index (χ3v) is 3.17. The SMILES string of the molecule is O=C1CN=C(C2(c3ccccc3)CC2)N1. The molecule has 1 aromatic carbocycles. The molecule has 76 valence electrons. The number of carbonyl (C=O) groups is 1. The van der Waals surface area contributed by atoms with Crippen LogP contribution in [0.15, 0.2) is 35.3 Å². The first-order chi connectivity index (χ1) is 7.31. The molecule has 1 aliphatic carbocycles. The number of hydrogen-bond donors (Lipinski definition) is 1. The van der Waals surface area contributed by atoms with Gasteiger partial charge in [0.05, 0.1) is 5.41 Å². The zero-order valence-electron chi connectivity index (χ0n) is 8.36. The van der Waals surface area contributed by atoms with E-state index in [2.05, 4.69) is 22.4 Å². The lowest BCUT2D eigenvalue weighted by Crippen LogP contribution is -2.34. The summed E-state index contributed by atoms with van der Waals surface area (Å²) in [6, 6.07) is 10.3. The maximum Gasteiger partial charge on any atom is 0.247 e. The molecule has 1 aromatic rings. The molecule has 1 fully saturated rings. The molecule has 1 N–H and O–H groups in total. The largest absolute Gasteiger partial charge is 0.312 e. The van der Waals surface area contributed by atoms with Crippen LogP contribution in [0.5, 0.6) is 0 Å². The molecule has 0 aromatic heterocycles. The van der Waals surface area contributed by atoms with Gasteiger partial charge in [-0.15, -0.1) is 0 Å². The average molecular weight is 200 g/mol. The molecular weight excluding hydrogens is 188 g/mol. The number of hydrogen-bond acceptors (Lipinski definition) is 2. The van der Waals surface area contributed by atoms with Gasteiger partial charge >= 0.3 is 0 Å². The van der Waals surface area contributed by atoms with Crippen molar-refractivity contribution in [2.45, 2.75) is 18.3 Å². The minimum atomic E-state index is 0.0206. The number of amidine groups is 1. The summed E-state index contributed by atoms with van der Waals surface area (Å²) >= 11 is 0. The third-order valence-electron chi connectivity index (χ3n) is 3.17. The Labute approximate surface area is 88.2 Å². The molecule has 1 aliphatic heterocycles. The van der Waals surface area contributed by atoms with E-state index < -0.39 is 0 Å². The maximum absolute atomic E-state index is 11.1. The third kappa shape index (κ3) is 1.27. The second kappa shape index (κ2) is 2.92. The van der Waals surface area contributed by atoms with E-state index in [1.165, 1.54) is 5.56 Å². The van der Waals surface area contributed by atoms with Crippen LogP contribution in [-0.2, 0) is 10.2 Å². The van der Waals surface area contributed by atoms with Gasteiger partial charge in [-0.05, 0) is 18.4 Å². The van der Waals surface area contributed by atoms with Crippen LogP contribution in [-0.4, -0.2) is 18.3 Å². The first-order valence-electron chi connectivity index (χ1n) is 5.22.